The molecule has 1 heterocycles. The van der Waals surface area contributed by atoms with Crippen molar-refractivity contribution in [1.82, 2.24) is 10.6 Å². The molecule has 5 nitrogen and oxygen atoms in total. The van der Waals surface area contributed by atoms with Crippen molar-refractivity contribution in [2.75, 3.05) is 13.2 Å². The van der Waals surface area contributed by atoms with Gasteiger partial charge in [-0.25, -0.2) is 9.18 Å². The number of halogens is 1. The van der Waals surface area contributed by atoms with E-state index >= 15 is 0 Å². The van der Waals surface area contributed by atoms with Gasteiger partial charge in [0.25, 0.3) is 0 Å². The number of nitrogens with one attached hydrogen (secondary N) is 2. The van der Waals surface area contributed by atoms with Crippen LogP contribution in [-0.4, -0.2) is 19.2 Å². The Morgan fingerprint density at radius 1 is 1.28 bits per heavy atom. The SMILES string of the molecule is N#Cc1ccc(F)c(CNC(=O)NC[C@H]2COc3ccccc3C2)c1. The molecule has 1 atom stereocenters. The summed E-state index contributed by atoms with van der Waals surface area (Å²) in [7, 11) is 0. The summed E-state index contributed by atoms with van der Waals surface area (Å²) in [6.45, 7) is 1.05. The Morgan fingerprint density at radius 2 is 2.12 bits per heavy atom. The predicted octanol–water partition coefficient (Wildman–Crippen LogP) is 2.75. The average Bonchev–Trinajstić information content (AvgIpc) is 2.65. The van der Waals surface area contributed by atoms with E-state index in [-0.39, 0.29) is 24.1 Å². The maximum absolute atomic E-state index is 13.7. The van der Waals surface area contributed by atoms with Crippen molar-refractivity contribution in [2.24, 2.45) is 5.92 Å². The third-order valence-electron chi connectivity index (χ3n) is 4.12. The minimum absolute atomic E-state index is 0.0250. The number of nitrogens with zero attached hydrogens (tertiary/aromatic N) is 1. The fourth-order valence-corrected chi connectivity index (χ4v) is 2.78. The van der Waals surface area contributed by atoms with Crippen LogP contribution in [0.2, 0.25) is 0 Å². The summed E-state index contributed by atoms with van der Waals surface area (Å²) >= 11 is 0. The Bertz CT molecular complexity index is 817. The second kappa shape index (κ2) is 7.67. The van der Waals surface area contributed by atoms with Gasteiger partial charge in [-0.2, -0.15) is 5.26 Å². The van der Waals surface area contributed by atoms with E-state index in [2.05, 4.69) is 10.6 Å². The average molecular weight is 339 g/mol. The fourth-order valence-electron chi connectivity index (χ4n) is 2.78. The number of carbonyl (C=O) groups is 1. The molecule has 128 valence electrons. The molecule has 2 aromatic rings. The minimum Gasteiger partial charge on any atom is -0.493 e. The zero-order valence-corrected chi connectivity index (χ0v) is 13.6. The van der Waals surface area contributed by atoms with Crippen LogP contribution in [0, 0.1) is 23.1 Å². The van der Waals surface area contributed by atoms with E-state index in [0.717, 1.165) is 17.7 Å². The van der Waals surface area contributed by atoms with E-state index < -0.39 is 5.82 Å². The smallest absolute Gasteiger partial charge is 0.315 e. The first-order chi connectivity index (χ1) is 12.2. The lowest BCUT2D eigenvalue weighted by molar-refractivity contribution is 0.211. The zero-order valence-electron chi connectivity index (χ0n) is 13.6. The van der Waals surface area contributed by atoms with Gasteiger partial charge in [-0.15, -0.1) is 0 Å². The first-order valence-corrected chi connectivity index (χ1v) is 8.06. The van der Waals surface area contributed by atoms with Gasteiger partial charge in [0.2, 0.25) is 0 Å². The van der Waals surface area contributed by atoms with Gasteiger partial charge < -0.3 is 15.4 Å². The molecule has 3 rings (SSSR count). The lowest BCUT2D eigenvalue weighted by Gasteiger charge is -2.25. The van der Waals surface area contributed by atoms with Crippen LogP contribution in [0.4, 0.5) is 9.18 Å². The third kappa shape index (κ3) is 4.27. The van der Waals surface area contributed by atoms with Crippen molar-refractivity contribution in [3.63, 3.8) is 0 Å². The van der Waals surface area contributed by atoms with Crippen molar-refractivity contribution >= 4 is 6.03 Å². The van der Waals surface area contributed by atoms with E-state index in [1.165, 1.54) is 18.2 Å². The molecule has 0 aliphatic carbocycles. The zero-order chi connectivity index (χ0) is 17.6. The van der Waals surface area contributed by atoms with Gasteiger partial charge in [-0.3, -0.25) is 0 Å². The summed E-state index contributed by atoms with van der Waals surface area (Å²) in [6, 6.07) is 13.5. The van der Waals surface area contributed by atoms with Gasteiger partial charge in [-0.05, 0) is 36.2 Å². The van der Waals surface area contributed by atoms with Gasteiger partial charge in [-0.1, -0.05) is 18.2 Å². The maximum Gasteiger partial charge on any atom is 0.315 e. The normalized spacial score (nSPS) is 15.4. The molecule has 0 fully saturated rings. The molecule has 0 spiro atoms. The summed E-state index contributed by atoms with van der Waals surface area (Å²) in [4.78, 5) is 11.9. The molecule has 1 aliphatic heterocycles. The number of fused-ring (bicyclic) bond motifs is 1. The molecular formula is C19H18FN3O2. The van der Waals surface area contributed by atoms with E-state index in [1.54, 1.807) is 0 Å². The molecule has 0 saturated carbocycles. The Morgan fingerprint density at radius 3 is 2.96 bits per heavy atom. The summed E-state index contributed by atoms with van der Waals surface area (Å²) in [5.41, 5.74) is 1.78. The van der Waals surface area contributed by atoms with Crippen molar-refractivity contribution in [2.45, 2.75) is 13.0 Å². The molecule has 2 aromatic carbocycles. The van der Waals surface area contributed by atoms with Crippen molar-refractivity contribution in [3.8, 4) is 11.8 Å². The van der Waals surface area contributed by atoms with Crippen molar-refractivity contribution in [1.29, 1.82) is 5.26 Å². The summed E-state index contributed by atoms with van der Waals surface area (Å²) < 4.78 is 19.4. The molecule has 0 aromatic heterocycles. The lowest BCUT2D eigenvalue weighted by atomic mass is 9.97. The van der Waals surface area contributed by atoms with E-state index in [0.29, 0.717) is 18.7 Å². The Hall–Kier alpha value is -3.07. The summed E-state index contributed by atoms with van der Waals surface area (Å²) in [5, 5.41) is 14.2. The lowest BCUT2D eigenvalue weighted by Crippen LogP contribution is -2.40. The van der Waals surface area contributed by atoms with E-state index in [4.69, 9.17) is 10.00 Å². The van der Waals surface area contributed by atoms with Crippen molar-refractivity contribution < 1.29 is 13.9 Å². The third-order valence-corrected chi connectivity index (χ3v) is 4.12. The number of benzene rings is 2. The number of amides is 2. The second-order valence-electron chi connectivity index (χ2n) is 5.97. The number of hydrogen-bond acceptors (Lipinski definition) is 3. The topological polar surface area (TPSA) is 74.2 Å². The number of urea groups is 1. The summed E-state index contributed by atoms with van der Waals surface area (Å²) in [5.74, 6) is 0.645. The molecule has 0 bridgehead atoms. The van der Waals surface area contributed by atoms with Crippen LogP contribution in [0.25, 0.3) is 0 Å². The largest absolute Gasteiger partial charge is 0.493 e. The monoisotopic (exact) mass is 339 g/mol. The van der Waals surface area contributed by atoms with Crippen LogP contribution in [0.15, 0.2) is 42.5 Å². The van der Waals surface area contributed by atoms with Crippen LogP contribution in [0.5, 0.6) is 5.75 Å². The highest BCUT2D eigenvalue weighted by Crippen LogP contribution is 2.26. The molecule has 25 heavy (non-hydrogen) atoms. The standard InChI is InChI=1S/C19H18FN3O2/c20-17-6-5-13(9-21)7-16(17)11-23-19(24)22-10-14-8-15-3-1-2-4-18(15)25-12-14/h1-7,14H,8,10-12H2,(H2,22,23,24)/t14-/m0/s1. The van der Waals surface area contributed by atoms with Gasteiger partial charge >= 0.3 is 6.03 Å². The number of carbonyl (C=O) groups excluding carboxylic acids is 1. The maximum atomic E-state index is 13.7. The van der Waals surface area contributed by atoms with Gasteiger partial charge in [0.1, 0.15) is 11.6 Å². The predicted molar refractivity (Wildman–Crippen MR) is 90.5 cm³/mol. The fraction of sp³-hybridized carbons (Fsp3) is 0.263. The molecule has 0 unspecified atom stereocenters. The Balaban J connectivity index is 1.47. The summed E-state index contributed by atoms with van der Waals surface area (Å²) in [6.07, 6.45) is 0.843. The molecule has 2 N–H and O–H groups in total. The highest BCUT2D eigenvalue weighted by molar-refractivity contribution is 5.73. The Kier molecular flexibility index (Phi) is 5.14. The van der Waals surface area contributed by atoms with E-state index in [9.17, 15) is 9.18 Å². The highest BCUT2D eigenvalue weighted by atomic mass is 19.1. The molecule has 0 radical (unpaired) electrons. The van der Waals surface area contributed by atoms with Gasteiger partial charge in [0.15, 0.2) is 0 Å². The number of hydrogen-bond donors (Lipinski definition) is 2. The molecule has 2 amide bonds. The van der Waals surface area contributed by atoms with Crippen LogP contribution >= 0.6 is 0 Å². The molecular weight excluding hydrogens is 321 g/mol. The van der Waals surface area contributed by atoms with Crippen LogP contribution in [-0.2, 0) is 13.0 Å². The number of nitriles is 1. The molecule has 1 aliphatic rings. The number of ether oxygens (including phenoxy) is 1. The van der Waals surface area contributed by atoms with Gasteiger partial charge in [0.05, 0.1) is 18.2 Å². The highest BCUT2D eigenvalue weighted by Gasteiger charge is 2.19. The van der Waals surface area contributed by atoms with Gasteiger partial charge in [0, 0.05) is 24.6 Å². The molecule has 0 saturated heterocycles. The van der Waals surface area contributed by atoms with E-state index in [1.807, 2.05) is 30.3 Å². The quantitative estimate of drug-likeness (QED) is 0.899. The second-order valence-corrected chi connectivity index (χ2v) is 5.97. The van der Waals surface area contributed by atoms with Crippen LogP contribution in [0.3, 0.4) is 0 Å². The minimum atomic E-state index is -0.448. The van der Waals surface area contributed by atoms with Crippen LogP contribution < -0.4 is 15.4 Å². The first-order valence-electron chi connectivity index (χ1n) is 8.06. The first kappa shape index (κ1) is 16.8. The molecule has 6 heteroatoms. The van der Waals surface area contributed by atoms with Crippen LogP contribution in [0.1, 0.15) is 16.7 Å². The van der Waals surface area contributed by atoms with Crippen molar-refractivity contribution in [3.05, 3.63) is 65.0 Å². The Labute approximate surface area is 145 Å². The number of rotatable bonds is 4. The number of para-hydroxylation sites is 1.